The molecule has 0 bridgehead atoms. The average Bonchev–Trinajstić information content (AvgIpc) is 2.81. The first kappa shape index (κ1) is 14.5. The summed E-state index contributed by atoms with van der Waals surface area (Å²) < 4.78 is 16.2. The monoisotopic (exact) mass is 382 g/mol. The van der Waals surface area contributed by atoms with Gasteiger partial charge in [-0.05, 0) is 40.3 Å². The number of hydrogen-bond acceptors (Lipinski definition) is 1. The van der Waals surface area contributed by atoms with Crippen LogP contribution in [0.1, 0.15) is 0 Å². The highest BCUT2D eigenvalue weighted by molar-refractivity contribution is 9.10. The zero-order valence-electron chi connectivity index (χ0n) is 10.6. The first-order valence-corrected chi connectivity index (χ1v) is 7.66. The summed E-state index contributed by atoms with van der Waals surface area (Å²) in [5, 5.41) is 0.287. The first-order valence-electron chi connectivity index (χ1n) is 6.08. The number of aromatic amines is 1. The van der Waals surface area contributed by atoms with E-state index in [1.807, 2.05) is 36.5 Å². The van der Waals surface area contributed by atoms with E-state index in [9.17, 15) is 4.39 Å². The Labute approximate surface area is 139 Å². The summed E-state index contributed by atoms with van der Waals surface area (Å²) in [5.74, 6) is -0.404. The van der Waals surface area contributed by atoms with Crippen LogP contribution in [-0.4, -0.2) is 9.55 Å². The first-order chi connectivity index (χ1) is 10.1. The van der Waals surface area contributed by atoms with Gasteiger partial charge in [0.15, 0.2) is 4.77 Å². The van der Waals surface area contributed by atoms with Gasteiger partial charge < -0.3 is 4.98 Å². The fourth-order valence-corrected chi connectivity index (χ4v) is 3.42. The van der Waals surface area contributed by atoms with Gasteiger partial charge in [0.2, 0.25) is 0 Å². The van der Waals surface area contributed by atoms with Crippen LogP contribution in [0.5, 0.6) is 0 Å². The molecule has 0 saturated heterocycles. The molecule has 1 N–H and O–H groups in total. The van der Waals surface area contributed by atoms with Crippen LogP contribution in [0.2, 0.25) is 5.02 Å². The molecule has 0 aliphatic rings. The maximum absolute atomic E-state index is 13.4. The zero-order valence-corrected chi connectivity index (χ0v) is 13.8. The van der Waals surface area contributed by atoms with Crippen molar-refractivity contribution in [2.45, 2.75) is 0 Å². The minimum Gasteiger partial charge on any atom is -0.336 e. The van der Waals surface area contributed by atoms with Gasteiger partial charge in [0, 0.05) is 16.2 Å². The fraction of sp³-hybridized carbons (Fsp3) is 0. The molecule has 3 aromatic rings. The van der Waals surface area contributed by atoms with E-state index in [0.29, 0.717) is 14.9 Å². The largest absolute Gasteiger partial charge is 0.336 e. The third-order valence-electron chi connectivity index (χ3n) is 3.05. The Bertz CT molecular complexity index is 835. The van der Waals surface area contributed by atoms with E-state index in [0.717, 1.165) is 11.3 Å². The maximum Gasteiger partial charge on any atom is 0.182 e. The number of aromatic nitrogens is 2. The van der Waals surface area contributed by atoms with Crippen LogP contribution in [0.15, 0.2) is 53.1 Å². The van der Waals surface area contributed by atoms with Gasteiger partial charge in [0.25, 0.3) is 0 Å². The Morgan fingerprint density at radius 1 is 1.19 bits per heavy atom. The van der Waals surface area contributed by atoms with Gasteiger partial charge in [0.1, 0.15) is 5.82 Å². The van der Waals surface area contributed by atoms with Crippen LogP contribution in [-0.2, 0) is 0 Å². The van der Waals surface area contributed by atoms with E-state index in [2.05, 4.69) is 20.9 Å². The standard InChI is InChI=1S/C15H9BrClFN2S/c16-11-6-10(18)7-12(17)14(11)20-13(8-19-15(20)21)9-4-2-1-3-5-9/h1-8H,(H,19,21). The quantitative estimate of drug-likeness (QED) is 0.558. The van der Waals surface area contributed by atoms with Gasteiger partial charge in [-0.2, -0.15) is 0 Å². The van der Waals surface area contributed by atoms with E-state index in [1.54, 1.807) is 4.57 Å². The highest BCUT2D eigenvalue weighted by atomic mass is 79.9. The van der Waals surface area contributed by atoms with Crippen molar-refractivity contribution in [1.82, 2.24) is 9.55 Å². The number of benzene rings is 2. The Kier molecular flexibility index (Phi) is 3.97. The molecule has 0 radical (unpaired) electrons. The number of imidazole rings is 1. The number of rotatable bonds is 2. The summed E-state index contributed by atoms with van der Waals surface area (Å²) in [7, 11) is 0. The van der Waals surface area contributed by atoms with Crippen molar-refractivity contribution < 1.29 is 4.39 Å². The molecule has 2 aromatic carbocycles. The van der Waals surface area contributed by atoms with E-state index < -0.39 is 5.82 Å². The molecule has 0 saturated carbocycles. The molecule has 106 valence electrons. The lowest BCUT2D eigenvalue weighted by atomic mass is 10.1. The SMILES string of the molecule is Fc1cc(Cl)c(-n2c(-c3ccccc3)c[nH]c2=S)c(Br)c1. The molecule has 1 aromatic heterocycles. The smallest absolute Gasteiger partial charge is 0.182 e. The second-order valence-corrected chi connectivity index (χ2v) is 6.05. The third kappa shape index (κ3) is 2.69. The summed E-state index contributed by atoms with van der Waals surface area (Å²) in [6.07, 6.45) is 1.81. The number of halogens is 3. The molecule has 2 nitrogen and oxygen atoms in total. The van der Waals surface area contributed by atoms with Gasteiger partial charge in [0.05, 0.1) is 16.4 Å². The molecule has 0 aliphatic heterocycles. The Hall–Kier alpha value is -1.43. The van der Waals surface area contributed by atoms with Gasteiger partial charge in [-0.1, -0.05) is 41.9 Å². The van der Waals surface area contributed by atoms with Crippen molar-refractivity contribution in [3.8, 4) is 16.9 Å². The van der Waals surface area contributed by atoms with Crippen molar-refractivity contribution >= 4 is 39.7 Å². The predicted octanol–water partition coefficient (Wildman–Crippen LogP) is 5.76. The third-order valence-corrected chi connectivity index (χ3v) is 4.24. The van der Waals surface area contributed by atoms with Crippen molar-refractivity contribution in [2.75, 3.05) is 0 Å². The van der Waals surface area contributed by atoms with Crippen molar-refractivity contribution in [1.29, 1.82) is 0 Å². The molecular formula is C15H9BrClFN2S. The van der Waals surface area contributed by atoms with E-state index in [1.165, 1.54) is 12.1 Å². The van der Waals surface area contributed by atoms with Gasteiger partial charge >= 0.3 is 0 Å². The highest BCUT2D eigenvalue weighted by Gasteiger charge is 2.15. The van der Waals surface area contributed by atoms with Crippen molar-refractivity contribution in [3.63, 3.8) is 0 Å². The lowest BCUT2D eigenvalue weighted by molar-refractivity contribution is 0.626. The van der Waals surface area contributed by atoms with Gasteiger partial charge in [-0.15, -0.1) is 0 Å². The fourth-order valence-electron chi connectivity index (χ4n) is 2.16. The van der Waals surface area contributed by atoms with Crippen LogP contribution < -0.4 is 0 Å². The molecule has 0 aliphatic carbocycles. The predicted molar refractivity (Wildman–Crippen MR) is 89.1 cm³/mol. The van der Waals surface area contributed by atoms with Crippen LogP contribution in [0.25, 0.3) is 16.9 Å². The lowest BCUT2D eigenvalue weighted by Gasteiger charge is -2.12. The number of hydrogen-bond donors (Lipinski definition) is 1. The normalized spacial score (nSPS) is 10.8. The summed E-state index contributed by atoms with van der Waals surface area (Å²) in [6.45, 7) is 0. The zero-order chi connectivity index (χ0) is 15.0. The summed E-state index contributed by atoms with van der Waals surface area (Å²) >= 11 is 14.9. The average molecular weight is 384 g/mol. The number of H-pyrrole nitrogens is 1. The van der Waals surface area contributed by atoms with Crippen LogP contribution >= 0.6 is 39.7 Å². The summed E-state index contributed by atoms with van der Waals surface area (Å²) in [4.78, 5) is 3.01. The minimum absolute atomic E-state index is 0.287. The molecule has 0 atom stereocenters. The van der Waals surface area contributed by atoms with E-state index in [-0.39, 0.29) is 5.02 Å². The van der Waals surface area contributed by atoms with Gasteiger partial charge in [-0.25, -0.2) is 4.39 Å². The minimum atomic E-state index is -0.404. The maximum atomic E-state index is 13.4. The van der Waals surface area contributed by atoms with Crippen molar-refractivity contribution in [2.24, 2.45) is 0 Å². The number of nitrogens with zero attached hydrogens (tertiary/aromatic N) is 1. The number of nitrogens with one attached hydrogen (secondary N) is 1. The Morgan fingerprint density at radius 3 is 2.57 bits per heavy atom. The highest BCUT2D eigenvalue weighted by Crippen LogP contribution is 2.34. The molecule has 21 heavy (non-hydrogen) atoms. The molecule has 0 amide bonds. The second-order valence-electron chi connectivity index (χ2n) is 4.40. The Balaban J connectivity index is 2.30. The molecule has 1 heterocycles. The van der Waals surface area contributed by atoms with Crippen molar-refractivity contribution in [3.05, 3.63) is 68.7 Å². The Morgan fingerprint density at radius 2 is 1.90 bits per heavy atom. The van der Waals surface area contributed by atoms with Crippen LogP contribution in [0, 0.1) is 10.6 Å². The molecule has 0 unspecified atom stereocenters. The van der Waals surface area contributed by atoms with E-state index in [4.69, 9.17) is 23.8 Å². The van der Waals surface area contributed by atoms with E-state index >= 15 is 0 Å². The molecule has 0 spiro atoms. The molecular weight excluding hydrogens is 375 g/mol. The van der Waals surface area contributed by atoms with Gasteiger partial charge in [-0.3, -0.25) is 4.57 Å². The lowest BCUT2D eigenvalue weighted by Crippen LogP contribution is -2.00. The molecule has 0 fully saturated rings. The topological polar surface area (TPSA) is 20.7 Å². The van der Waals surface area contributed by atoms with Crippen LogP contribution in [0.3, 0.4) is 0 Å². The summed E-state index contributed by atoms with van der Waals surface area (Å²) in [6, 6.07) is 12.4. The van der Waals surface area contributed by atoms with Crippen LogP contribution in [0.4, 0.5) is 4.39 Å². The molecule has 3 rings (SSSR count). The second kappa shape index (κ2) is 5.75. The summed E-state index contributed by atoms with van der Waals surface area (Å²) in [5.41, 5.74) is 2.45. The molecule has 6 heteroatoms.